The number of hydrogen-bond acceptors (Lipinski definition) is 6. The van der Waals surface area contributed by atoms with Crippen molar-refractivity contribution >= 4 is 28.2 Å². The maximum absolute atomic E-state index is 8.69. The molecule has 0 fully saturated rings. The Morgan fingerprint density at radius 1 is 1.43 bits per heavy atom. The molecule has 0 aliphatic rings. The van der Waals surface area contributed by atoms with Crippen LogP contribution < -0.4 is 4.90 Å². The van der Waals surface area contributed by atoms with E-state index in [-0.39, 0.29) is 0 Å². The highest BCUT2D eigenvalue weighted by Crippen LogP contribution is 2.23. The quantitative estimate of drug-likeness (QED) is 0.723. The Bertz CT molecular complexity index is 770. The van der Waals surface area contributed by atoms with Crippen LogP contribution in [0.4, 0.5) is 5.82 Å². The van der Waals surface area contributed by atoms with Gasteiger partial charge in [-0.25, -0.2) is 14.6 Å². The topological polar surface area (TPSA) is 70.6 Å². The van der Waals surface area contributed by atoms with Crippen LogP contribution in [0.1, 0.15) is 12.0 Å². The van der Waals surface area contributed by atoms with Crippen LogP contribution >= 0.6 is 11.3 Å². The van der Waals surface area contributed by atoms with Crippen molar-refractivity contribution in [2.24, 2.45) is 0 Å². The van der Waals surface area contributed by atoms with Crippen LogP contribution in [0.3, 0.4) is 0 Å². The molecule has 0 N–H and O–H groups in total. The third-order valence-electron chi connectivity index (χ3n) is 3.21. The van der Waals surface area contributed by atoms with Gasteiger partial charge in [0.25, 0.3) is 0 Å². The molecule has 0 amide bonds. The molecule has 0 aromatic carbocycles. The van der Waals surface area contributed by atoms with Gasteiger partial charge in [-0.3, -0.25) is 0 Å². The third-order valence-corrected chi connectivity index (χ3v) is 3.94. The molecule has 0 saturated carbocycles. The fourth-order valence-corrected chi connectivity index (χ4v) is 2.90. The number of nitrogens with zero attached hydrogens (tertiary/aromatic N) is 6. The van der Waals surface area contributed by atoms with Crippen LogP contribution in [0.5, 0.6) is 0 Å². The third kappa shape index (κ3) is 2.71. The second kappa shape index (κ2) is 5.89. The summed E-state index contributed by atoms with van der Waals surface area (Å²) in [6.45, 7) is 1.34. The normalized spacial score (nSPS) is 10.7. The monoisotopic (exact) mass is 298 g/mol. The number of aryl methyl sites for hydroxylation is 1. The van der Waals surface area contributed by atoms with Gasteiger partial charge in [-0.15, -0.1) is 0 Å². The minimum atomic E-state index is 0.418. The zero-order chi connectivity index (χ0) is 14.7. The molecular weight excluding hydrogens is 284 g/mol. The van der Waals surface area contributed by atoms with Crippen molar-refractivity contribution in [1.82, 2.24) is 19.7 Å². The highest BCUT2D eigenvalue weighted by Gasteiger charge is 2.13. The predicted octanol–water partition coefficient (Wildman–Crippen LogP) is 2.44. The van der Waals surface area contributed by atoms with E-state index in [4.69, 9.17) is 5.26 Å². The lowest BCUT2D eigenvalue weighted by Gasteiger charge is -2.17. The SMILES string of the molecule is CN(Cc1ccsc1)c1ncnc2c1cnn2CCC#N. The average molecular weight is 298 g/mol. The molecule has 3 rings (SSSR count). The molecule has 0 aliphatic heterocycles. The first-order valence-corrected chi connectivity index (χ1v) is 7.49. The van der Waals surface area contributed by atoms with E-state index in [9.17, 15) is 0 Å². The molecular formula is C14H14N6S. The smallest absolute Gasteiger partial charge is 0.163 e. The lowest BCUT2D eigenvalue weighted by molar-refractivity contribution is 0.643. The summed E-state index contributed by atoms with van der Waals surface area (Å²) in [5.41, 5.74) is 2.03. The molecule has 0 unspecified atom stereocenters. The van der Waals surface area contributed by atoms with Crippen LogP contribution in [-0.2, 0) is 13.1 Å². The van der Waals surface area contributed by atoms with E-state index in [1.807, 2.05) is 7.05 Å². The lowest BCUT2D eigenvalue weighted by atomic mass is 10.3. The molecule has 6 nitrogen and oxygen atoms in total. The van der Waals surface area contributed by atoms with E-state index in [0.717, 1.165) is 23.4 Å². The summed E-state index contributed by atoms with van der Waals surface area (Å²) < 4.78 is 1.75. The summed E-state index contributed by atoms with van der Waals surface area (Å²) >= 11 is 1.69. The fraction of sp³-hybridized carbons (Fsp3) is 0.286. The average Bonchev–Trinajstić information content (AvgIpc) is 3.14. The Balaban J connectivity index is 1.92. The highest BCUT2D eigenvalue weighted by molar-refractivity contribution is 7.07. The Morgan fingerprint density at radius 2 is 2.33 bits per heavy atom. The maximum atomic E-state index is 8.69. The standard InChI is InChI=1S/C14H14N6S/c1-19(8-11-3-6-21-9-11)13-12-7-18-20(5-2-4-15)14(12)17-10-16-13/h3,6-7,9-10H,2,5,8H2,1H3. The first-order chi connectivity index (χ1) is 10.3. The Hall–Kier alpha value is -2.46. The molecule has 0 bridgehead atoms. The van der Waals surface area contributed by atoms with Gasteiger partial charge >= 0.3 is 0 Å². The number of thiophene rings is 1. The molecule has 3 aromatic heterocycles. The van der Waals surface area contributed by atoms with Gasteiger partial charge in [0.05, 0.1) is 30.6 Å². The number of nitriles is 1. The van der Waals surface area contributed by atoms with Crippen molar-refractivity contribution < 1.29 is 0 Å². The number of fused-ring (bicyclic) bond motifs is 1. The Morgan fingerprint density at radius 3 is 3.10 bits per heavy atom. The van der Waals surface area contributed by atoms with Gasteiger partial charge < -0.3 is 4.90 Å². The van der Waals surface area contributed by atoms with Crippen LogP contribution in [-0.4, -0.2) is 26.8 Å². The summed E-state index contributed by atoms with van der Waals surface area (Å²) in [4.78, 5) is 10.8. The van der Waals surface area contributed by atoms with Crippen LogP contribution in [0.15, 0.2) is 29.4 Å². The van der Waals surface area contributed by atoms with E-state index in [2.05, 4.69) is 42.9 Å². The van der Waals surface area contributed by atoms with Gasteiger partial charge in [0.2, 0.25) is 0 Å². The zero-order valence-electron chi connectivity index (χ0n) is 11.6. The maximum Gasteiger partial charge on any atom is 0.163 e. The number of aromatic nitrogens is 4. The van der Waals surface area contributed by atoms with Gasteiger partial charge in [-0.1, -0.05) is 0 Å². The van der Waals surface area contributed by atoms with Crippen molar-refractivity contribution in [3.8, 4) is 6.07 Å². The first kappa shape index (κ1) is 13.5. The largest absolute Gasteiger partial charge is 0.355 e. The van der Waals surface area contributed by atoms with Crippen molar-refractivity contribution in [1.29, 1.82) is 5.26 Å². The molecule has 21 heavy (non-hydrogen) atoms. The van der Waals surface area contributed by atoms with E-state index >= 15 is 0 Å². The van der Waals surface area contributed by atoms with E-state index in [0.29, 0.717) is 13.0 Å². The Kier molecular flexibility index (Phi) is 3.79. The summed E-state index contributed by atoms with van der Waals surface area (Å²) in [7, 11) is 2.01. The molecule has 0 aliphatic carbocycles. The minimum Gasteiger partial charge on any atom is -0.355 e. The fourth-order valence-electron chi connectivity index (χ4n) is 2.24. The van der Waals surface area contributed by atoms with Crippen LogP contribution in [0.25, 0.3) is 11.0 Å². The van der Waals surface area contributed by atoms with Crippen LogP contribution in [0.2, 0.25) is 0 Å². The predicted molar refractivity (Wildman–Crippen MR) is 82.0 cm³/mol. The molecule has 0 spiro atoms. The molecule has 106 valence electrons. The minimum absolute atomic E-state index is 0.418. The van der Waals surface area contributed by atoms with Gasteiger partial charge in [0, 0.05) is 13.6 Å². The van der Waals surface area contributed by atoms with E-state index in [1.54, 1.807) is 28.5 Å². The summed E-state index contributed by atoms with van der Waals surface area (Å²) in [5, 5.41) is 18.1. The molecule has 0 radical (unpaired) electrons. The van der Waals surface area contributed by atoms with Crippen molar-refractivity contribution in [2.75, 3.05) is 11.9 Å². The summed E-state index contributed by atoms with van der Waals surface area (Å²) in [6, 6.07) is 4.23. The van der Waals surface area contributed by atoms with Gasteiger partial charge in [0.15, 0.2) is 5.65 Å². The summed E-state index contributed by atoms with van der Waals surface area (Å²) in [6.07, 6.45) is 3.74. The first-order valence-electron chi connectivity index (χ1n) is 6.55. The number of rotatable bonds is 5. The molecule has 0 saturated heterocycles. The molecule has 7 heteroatoms. The molecule has 3 aromatic rings. The van der Waals surface area contributed by atoms with Crippen molar-refractivity contribution in [2.45, 2.75) is 19.5 Å². The number of anilines is 1. The van der Waals surface area contributed by atoms with Crippen LogP contribution in [0, 0.1) is 11.3 Å². The zero-order valence-corrected chi connectivity index (χ0v) is 12.4. The van der Waals surface area contributed by atoms with Gasteiger partial charge in [0.1, 0.15) is 12.1 Å². The van der Waals surface area contributed by atoms with E-state index in [1.165, 1.54) is 5.56 Å². The highest BCUT2D eigenvalue weighted by atomic mass is 32.1. The van der Waals surface area contributed by atoms with Gasteiger partial charge in [-0.2, -0.15) is 21.7 Å². The van der Waals surface area contributed by atoms with Crippen molar-refractivity contribution in [3.05, 3.63) is 34.9 Å². The second-order valence-electron chi connectivity index (χ2n) is 4.70. The molecule has 0 atom stereocenters. The van der Waals surface area contributed by atoms with E-state index < -0.39 is 0 Å². The molecule has 3 heterocycles. The lowest BCUT2D eigenvalue weighted by Crippen LogP contribution is -2.17. The second-order valence-corrected chi connectivity index (χ2v) is 5.48. The Labute approximate surface area is 126 Å². The van der Waals surface area contributed by atoms with Gasteiger partial charge in [-0.05, 0) is 22.4 Å². The summed E-state index contributed by atoms with van der Waals surface area (Å²) in [5.74, 6) is 0.856. The number of hydrogen-bond donors (Lipinski definition) is 0. The van der Waals surface area contributed by atoms with Crippen molar-refractivity contribution in [3.63, 3.8) is 0 Å².